The molecule has 11 aromatic carbocycles. The summed E-state index contributed by atoms with van der Waals surface area (Å²) in [5.41, 5.74) is 15.8. The van der Waals surface area contributed by atoms with E-state index in [0.717, 1.165) is 29.2 Å². The minimum atomic E-state index is 0.843. The van der Waals surface area contributed by atoms with Crippen LogP contribution in [0, 0.1) is 6.92 Å². The van der Waals surface area contributed by atoms with Gasteiger partial charge in [0.2, 0.25) is 0 Å². The quantitative estimate of drug-likeness (QED) is 0.155. The Morgan fingerprint density at radius 1 is 0.387 bits per heavy atom. The molecule has 0 radical (unpaired) electrons. The molecule has 2 nitrogen and oxygen atoms in total. The lowest BCUT2D eigenvalue weighted by Gasteiger charge is -2.35. The molecular weight excluding hydrogens is 749 g/mol. The Morgan fingerprint density at radius 2 is 1.10 bits per heavy atom. The van der Waals surface area contributed by atoms with Crippen molar-refractivity contribution in [1.29, 1.82) is 0 Å². The number of hydrogen-bond donors (Lipinski definition) is 0. The van der Waals surface area contributed by atoms with Gasteiger partial charge in [0.1, 0.15) is 0 Å². The third kappa shape index (κ3) is 6.03. The van der Waals surface area contributed by atoms with Gasteiger partial charge in [-0.3, -0.25) is 0 Å². The standard InChI is InChI=1S/C60H42N2/c1-40-28-29-43-39-60-47(35-46(43)34-40)38-57-52(25-13-27-59(57)62(60)48-18-3-2-4-19-48)44-17-11-20-50(36-44)61(58-26-12-16-41-14-5-8-22-53(41)58)49-32-30-42(31-33-49)56-37-45-15-6-7-21-51(45)54-23-9-10-24-55(54)56/h2-37,39H,38H2,1H3. The van der Waals surface area contributed by atoms with Gasteiger partial charge in [-0.25, -0.2) is 0 Å². The van der Waals surface area contributed by atoms with E-state index in [4.69, 9.17) is 0 Å². The number of anilines is 6. The predicted molar refractivity (Wildman–Crippen MR) is 264 cm³/mol. The highest BCUT2D eigenvalue weighted by molar-refractivity contribution is 6.14. The maximum Gasteiger partial charge on any atom is 0.0540 e. The van der Waals surface area contributed by atoms with Gasteiger partial charge in [0, 0.05) is 28.9 Å². The van der Waals surface area contributed by atoms with Crippen LogP contribution < -0.4 is 9.80 Å². The summed E-state index contributed by atoms with van der Waals surface area (Å²) in [6, 6.07) is 82.7. The molecule has 0 N–H and O–H groups in total. The summed E-state index contributed by atoms with van der Waals surface area (Å²) in [7, 11) is 0. The molecule has 0 spiro atoms. The molecule has 0 unspecified atom stereocenters. The normalized spacial score (nSPS) is 12.2. The molecule has 292 valence electrons. The maximum absolute atomic E-state index is 2.46. The molecule has 0 amide bonds. The summed E-state index contributed by atoms with van der Waals surface area (Å²) < 4.78 is 0. The second-order valence-electron chi connectivity index (χ2n) is 16.6. The Kier molecular flexibility index (Phi) is 8.50. The van der Waals surface area contributed by atoms with Crippen LogP contribution in [0.25, 0.3) is 65.3 Å². The smallest absolute Gasteiger partial charge is 0.0540 e. The van der Waals surface area contributed by atoms with Gasteiger partial charge in [0.25, 0.3) is 0 Å². The average Bonchev–Trinajstić information content (AvgIpc) is 3.33. The van der Waals surface area contributed by atoms with Crippen molar-refractivity contribution in [3.05, 3.63) is 241 Å². The van der Waals surface area contributed by atoms with Crippen molar-refractivity contribution < 1.29 is 0 Å². The van der Waals surface area contributed by atoms with E-state index < -0.39 is 0 Å². The van der Waals surface area contributed by atoms with Crippen LogP contribution in [-0.2, 0) is 6.42 Å². The number of fused-ring (bicyclic) bond motifs is 7. The van der Waals surface area contributed by atoms with Crippen LogP contribution in [0.1, 0.15) is 16.7 Å². The lowest BCUT2D eigenvalue weighted by atomic mass is 9.87. The van der Waals surface area contributed by atoms with Crippen LogP contribution in [0.15, 0.2) is 224 Å². The number of aryl methyl sites for hydroxylation is 1. The Labute approximate surface area is 362 Å². The third-order valence-electron chi connectivity index (χ3n) is 12.8. The van der Waals surface area contributed by atoms with Crippen molar-refractivity contribution in [2.45, 2.75) is 13.3 Å². The zero-order chi connectivity index (χ0) is 41.1. The molecule has 2 heteroatoms. The molecular formula is C60H42N2. The predicted octanol–water partition coefficient (Wildman–Crippen LogP) is 16.8. The Hall–Kier alpha value is -7.94. The van der Waals surface area contributed by atoms with E-state index in [0.29, 0.717) is 0 Å². The molecule has 62 heavy (non-hydrogen) atoms. The van der Waals surface area contributed by atoms with E-state index >= 15 is 0 Å². The minimum Gasteiger partial charge on any atom is -0.310 e. The first-order valence-corrected chi connectivity index (χ1v) is 21.5. The molecule has 0 saturated heterocycles. The van der Waals surface area contributed by atoms with Crippen LogP contribution in [0.5, 0.6) is 0 Å². The summed E-state index contributed by atoms with van der Waals surface area (Å²) in [5.74, 6) is 0. The first-order chi connectivity index (χ1) is 30.6. The first-order valence-electron chi connectivity index (χ1n) is 21.5. The summed E-state index contributed by atoms with van der Waals surface area (Å²) in [6.07, 6.45) is 0.843. The van der Waals surface area contributed by atoms with Gasteiger partial charge >= 0.3 is 0 Å². The Morgan fingerprint density at radius 3 is 1.95 bits per heavy atom. The van der Waals surface area contributed by atoms with Crippen molar-refractivity contribution in [2.75, 3.05) is 9.80 Å². The fourth-order valence-corrected chi connectivity index (χ4v) is 9.94. The molecule has 1 aliphatic heterocycles. The largest absolute Gasteiger partial charge is 0.310 e. The van der Waals surface area contributed by atoms with Crippen LogP contribution in [0.4, 0.5) is 34.1 Å². The van der Waals surface area contributed by atoms with Gasteiger partial charge in [0.15, 0.2) is 0 Å². The highest BCUT2D eigenvalue weighted by Gasteiger charge is 2.27. The van der Waals surface area contributed by atoms with Gasteiger partial charge in [-0.1, -0.05) is 163 Å². The molecule has 12 rings (SSSR count). The van der Waals surface area contributed by atoms with Crippen LogP contribution in [0.3, 0.4) is 0 Å². The Balaban J connectivity index is 1.01. The molecule has 0 saturated carbocycles. The summed E-state index contributed by atoms with van der Waals surface area (Å²) in [4.78, 5) is 4.90. The van der Waals surface area contributed by atoms with E-state index in [1.807, 2.05) is 0 Å². The number of rotatable bonds is 6. The van der Waals surface area contributed by atoms with Crippen LogP contribution in [-0.4, -0.2) is 0 Å². The number of benzene rings is 11. The number of hydrogen-bond acceptors (Lipinski definition) is 2. The summed E-state index contributed by atoms with van der Waals surface area (Å²) >= 11 is 0. The first kappa shape index (κ1) is 36.0. The van der Waals surface area contributed by atoms with Crippen molar-refractivity contribution in [1.82, 2.24) is 0 Å². The number of para-hydroxylation sites is 1. The molecule has 0 fully saturated rings. The van der Waals surface area contributed by atoms with E-state index in [1.165, 1.54) is 93.4 Å². The third-order valence-corrected chi connectivity index (χ3v) is 12.8. The topological polar surface area (TPSA) is 6.48 Å². The minimum absolute atomic E-state index is 0.843. The van der Waals surface area contributed by atoms with Gasteiger partial charge in [-0.2, -0.15) is 0 Å². The molecule has 0 bridgehead atoms. The maximum atomic E-state index is 2.46. The van der Waals surface area contributed by atoms with E-state index in [-0.39, 0.29) is 0 Å². The Bertz CT molecular complexity index is 3510. The summed E-state index contributed by atoms with van der Waals surface area (Å²) in [6.45, 7) is 2.18. The molecule has 0 aliphatic carbocycles. The SMILES string of the molecule is Cc1ccc2cc3c(cc2c1)Cc1c(-c2cccc(N(c4ccc(-c5cc6ccccc6c6ccccc56)cc4)c4cccc5ccccc45)c2)cccc1N3c1ccccc1. The van der Waals surface area contributed by atoms with Crippen LogP contribution >= 0.6 is 0 Å². The zero-order valence-corrected chi connectivity index (χ0v) is 34.5. The fourth-order valence-electron chi connectivity index (χ4n) is 9.94. The summed E-state index contributed by atoms with van der Waals surface area (Å²) in [5, 5.41) is 10.0. The van der Waals surface area contributed by atoms with Crippen LogP contribution in [0.2, 0.25) is 0 Å². The van der Waals surface area contributed by atoms with Gasteiger partial charge in [0.05, 0.1) is 17.1 Å². The second kappa shape index (κ2) is 14.7. The molecule has 1 heterocycles. The van der Waals surface area contributed by atoms with E-state index in [9.17, 15) is 0 Å². The fraction of sp³-hybridized carbons (Fsp3) is 0.0333. The lowest BCUT2D eigenvalue weighted by molar-refractivity contribution is 1.09. The molecule has 0 atom stereocenters. The van der Waals surface area contributed by atoms with Gasteiger partial charge < -0.3 is 9.80 Å². The van der Waals surface area contributed by atoms with E-state index in [2.05, 4.69) is 241 Å². The van der Waals surface area contributed by atoms with Crippen molar-refractivity contribution in [2.24, 2.45) is 0 Å². The molecule has 11 aromatic rings. The van der Waals surface area contributed by atoms with Gasteiger partial charge in [-0.05, 0) is 145 Å². The van der Waals surface area contributed by atoms with Crippen molar-refractivity contribution >= 4 is 77.2 Å². The molecule has 1 aliphatic rings. The molecule has 0 aromatic heterocycles. The highest BCUT2D eigenvalue weighted by Crippen LogP contribution is 2.49. The van der Waals surface area contributed by atoms with Gasteiger partial charge in [-0.15, -0.1) is 0 Å². The van der Waals surface area contributed by atoms with Crippen molar-refractivity contribution in [3.63, 3.8) is 0 Å². The monoisotopic (exact) mass is 790 g/mol. The van der Waals surface area contributed by atoms with Crippen molar-refractivity contribution in [3.8, 4) is 22.3 Å². The zero-order valence-electron chi connectivity index (χ0n) is 34.5. The lowest BCUT2D eigenvalue weighted by Crippen LogP contribution is -2.19. The second-order valence-corrected chi connectivity index (χ2v) is 16.6. The average molecular weight is 791 g/mol. The van der Waals surface area contributed by atoms with E-state index in [1.54, 1.807) is 0 Å². The number of nitrogens with zero attached hydrogens (tertiary/aromatic N) is 2. The highest BCUT2D eigenvalue weighted by atomic mass is 15.2.